The van der Waals surface area contributed by atoms with Gasteiger partial charge >= 0.3 is 5.97 Å². The zero-order chi connectivity index (χ0) is 20.4. The predicted octanol–water partition coefficient (Wildman–Crippen LogP) is 4.01. The van der Waals surface area contributed by atoms with Gasteiger partial charge in [-0.15, -0.1) is 11.3 Å². The van der Waals surface area contributed by atoms with Crippen molar-refractivity contribution in [2.75, 3.05) is 6.54 Å². The van der Waals surface area contributed by atoms with Gasteiger partial charge in [0.25, 0.3) is 5.56 Å². The summed E-state index contributed by atoms with van der Waals surface area (Å²) < 4.78 is 16.6. The van der Waals surface area contributed by atoms with E-state index in [1.165, 1.54) is 27.1 Å². The Morgan fingerprint density at radius 1 is 1.31 bits per heavy atom. The number of rotatable bonds is 3. The van der Waals surface area contributed by atoms with Gasteiger partial charge in [-0.3, -0.25) is 9.20 Å². The summed E-state index contributed by atoms with van der Waals surface area (Å²) in [5.41, 5.74) is 4.07. The summed E-state index contributed by atoms with van der Waals surface area (Å²) in [6, 6.07) is 1.50. The lowest BCUT2D eigenvalue weighted by Crippen LogP contribution is -2.24. The Bertz CT molecular complexity index is 1250. The second kappa shape index (κ2) is 6.50. The van der Waals surface area contributed by atoms with Crippen LogP contribution in [0.2, 0.25) is 0 Å². The van der Waals surface area contributed by atoms with Crippen molar-refractivity contribution >= 4 is 22.8 Å². The van der Waals surface area contributed by atoms with E-state index in [1.807, 2.05) is 13.8 Å². The van der Waals surface area contributed by atoms with E-state index in [0.717, 1.165) is 48.4 Å². The molecule has 2 aliphatic rings. The van der Waals surface area contributed by atoms with E-state index < -0.39 is 17.3 Å². The topological polar surface area (TPSA) is 70.8 Å². The molecule has 150 valence electrons. The quantitative estimate of drug-likeness (QED) is 0.682. The summed E-state index contributed by atoms with van der Waals surface area (Å²) in [5.74, 6) is -1.54. The van der Waals surface area contributed by atoms with Crippen molar-refractivity contribution in [2.45, 2.75) is 45.6 Å². The van der Waals surface area contributed by atoms with Crippen LogP contribution in [0.25, 0.3) is 16.0 Å². The van der Waals surface area contributed by atoms with Gasteiger partial charge in [0.1, 0.15) is 11.4 Å². The molecule has 0 atom stereocenters. The maximum Gasteiger partial charge on any atom is 0.341 e. The minimum Gasteiger partial charge on any atom is -0.477 e. The first-order chi connectivity index (χ1) is 13.9. The van der Waals surface area contributed by atoms with Crippen LogP contribution in [0.4, 0.5) is 4.39 Å². The van der Waals surface area contributed by atoms with Gasteiger partial charge in [0.2, 0.25) is 0 Å². The molecule has 5 nitrogen and oxygen atoms in total. The zero-order valence-electron chi connectivity index (χ0n) is 16.3. The maximum absolute atomic E-state index is 15.4. The molecule has 0 unspecified atom stereocenters. The molecular weight excluding hydrogens is 391 g/mol. The molecule has 5 rings (SSSR count). The average molecular weight is 412 g/mol. The number of fused-ring (bicyclic) bond motifs is 2. The molecular formula is C22H21FN2O3S. The summed E-state index contributed by atoms with van der Waals surface area (Å²) in [5, 5.41) is 12.8. The van der Waals surface area contributed by atoms with Crippen molar-refractivity contribution in [1.29, 1.82) is 0 Å². The Morgan fingerprint density at radius 2 is 2.07 bits per heavy atom. The van der Waals surface area contributed by atoms with Gasteiger partial charge in [-0.05, 0) is 67.3 Å². The van der Waals surface area contributed by atoms with Crippen LogP contribution in [0.5, 0.6) is 0 Å². The van der Waals surface area contributed by atoms with Gasteiger partial charge in [0, 0.05) is 34.6 Å². The number of hydrogen-bond acceptors (Lipinski definition) is 4. The number of carboxylic acids is 1. The van der Waals surface area contributed by atoms with Crippen LogP contribution in [0.3, 0.4) is 0 Å². The normalized spacial score (nSPS) is 16.2. The SMILES string of the molecule is Cc1c(-c2c(F)cn3c(=O)c(C(=O)O)cc(C4CC4)c3c2C)sc2c1CNCC2. The van der Waals surface area contributed by atoms with Crippen LogP contribution >= 0.6 is 11.3 Å². The standard InChI is InChI=1S/C22H21FN2O3S/c1-10-15-8-24-6-5-17(15)29-20(10)18-11(2)19-13(12-3-4-12)7-14(22(27)28)21(26)25(19)9-16(18)23/h7,9,12,24H,3-6,8H2,1-2H3,(H,27,28). The van der Waals surface area contributed by atoms with Crippen molar-refractivity contribution in [3.8, 4) is 10.4 Å². The van der Waals surface area contributed by atoms with Crippen LogP contribution in [0.15, 0.2) is 17.1 Å². The Hall–Kier alpha value is -2.51. The number of carboxylic acid groups (broad SMARTS) is 1. The molecule has 4 heterocycles. The summed E-state index contributed by atoms with van der Waals surface area (Å²) in [4.78, 5) is 26.5. The minimum atomic E-state index is -1.28. The van der Waals surface area contributed by atoms with E-state index in [1.54, 1.807) is 11.3 Å². The van der Waals surface area contributed by atoms with Crippen molar-refractivity contribution in [2.24, 2.45) is 0 Å². The molecule has 1 aliphatic heterocycles. The number of aromatic nitrogens is 1. The summed E-state index contributed by atoms with van der Waals surface area (Å²) in [6.45, 7) is 5.59. The highest BCUT2D eigenvalue weighted by Crippen LogP contribution is 2.45. The molecule has 1 aliphatic carbocycles. The second-order valence-corrected chi connectivity index (χ2v) is 9.08. The Kier molecular flexibility index (Phi) is 4.15. The molecule has 1 saturated carbocycles. The fraction of sp³-hybridized carbons (Fsp3) is 0.364. The van der Waals surface area contributed by atoms with E-state index in [-0.39, 0.29) is 11.5 Å². The Morgan fingerprint density at radius 3 is 2.72 bits per heavy atom. The first-order valence-corrected chi connectivity index (χ1v) is 10.6. The number of aromatic carboxylic acids is 1. The van der Waals surface area contributed by atoms with E-state index >= 15 is 4.39 Å². The molecule has 7 heteroatoms. The number of nitrogens with zero attached hydrogens (tertiary/aromatic N) is 1. The number of hydrogen-bond donors (Lipinski definition) is 2. The number of halogens is 1. The fourth-order valence-corrected chi connectivity index (χ4v) is 5.91. The maximum atomic E-state index is 15.4. The molecule has 29 heavy (non-hydrogen) atoms. The molecule has 0 spiro atoms. The largest absolute Gasteiger partial charge is 0.477 e. The smallest absolute Gasteiger partial charge is 0.341 e. The summed E-state index contributed by atoms with van der Waals surface area (Å²) >= 11 is 1.63. The van der Waals surface area contributed by atoms with Crippen molar-refractivity contribution in [3.63, 3.8) is 0 Å². The highest BCUT2D eigenvalue weighted by atomic mass is 32.1. The number of pyridine rings is 2. The van der Waals surface area contributed by atoms with E-state index in [0.29, 0.717) is 16.6 Å². The van der Waals surface area contributed by atoms with Crippen LogP contribution < -0.4 is 10.9 Å². The molecule has 2 N–H and O–H groups in total. The molecule has 0 aromatic carbocycles. The first kappa shape index (κ1) is 18.5. The van der Waals surface area contributed by atoms with Crippen LogP contribution in [-0.4, -0.2) is 22.0 Å². The molecule has 0 bridgehead atoms. The monoisotopic (exact) mass is 412 g/mol. The Balaban J connectivity index is 1.84. The van der Waals surface area contributed by atoms with Crippen molar-refractivity contribution < 1.29 is 14.3 Å². The van der Waals surface area contributed by atoms with Gasteiger partial charge in [0.15, 0.2) is 0 Å². The third-order valence-electron chi connectivity index (χ3n) is 6.14. The number of carbonyl (C=O) groups is 1. The zero-order valence-corrected chi connectivity index (χ0v) is 17.1. The van der Waals surface area contributed by atoms with Crippen molar-refractivity contribution in [3.05, 3.63) is 61.1 Å². The predicted molar refractivity (Wildman–Crippen MR) is 111 cm³/mol. The van der Waals surface area contributed by atoms with Gasteiger partial charge < -0.3 is 10.4 Å². The molecule has 3 aromatic heterocycles. The highest BCUT2D eigenvalue weighted by molar-refractivity contribution is 7.16. The van der Waals surface area contributed by atoms with Crippen molar-refractivity contribution in [1.82, 2.24) is 9.72 Å². The van der Waals surface area contributed by atoms with E-state index in [2.05, 4.69) is 5.32 Å². The van der Waals surface area contributed by atoms with Gasteiger partial charge in [-0.1, -0.05) is 0 Å². The lowest BCUT2D eigenvalue weighted by molar-refractivity contribution is 0.0694. The number of thiophene rings is 1. The van der Waals surface area contributed by atoms with Gasteiger partial charge in [-0.2, -0.15) is 0 Å². The second-order valence-electron chi connectivity index (χ2n) is 7.98. The molecule has 3 aromatic rings. The summed E-state index contributed by atoms with van der Waals surface area (Å²) in [6.07, 6.45) is 4.02. The molecule has 0 saturated heterocycles. The lowest BCUT2D eigenvalue weighted by atomic mass is 9.97. The minimum absolute atomic E-state index is 0.225. The van der Waals surface area contributed by atoms with E-state index in [4.69, 9.17) is 0 Å². The lowest BCUT2D eigenvalue weighted by Gasteiger charge is -2.16. The van der Waals surface area contributed by atoms with Crippen LogP contribution in [-0.2, 0) is 13.0 Å². The molecule has 1 fully saturated rings. The van der Waals surface area contributed by atoms with Gasteiger partial charge in [-0.25, -0.2) is 9.18 Å². The van der Waals surface area contributed by atoms with Crippen LogP contribution in [0.1, 0.15) is 56.2 Å². The highest BCUT2D eigenvalue weighted by Gasteiger charge is 2.31. The third-order valence-corrected chi connectivity index (χ3v) is 7.55. The van der Waals surface area contributed by atoms with Gasteiger partial charge in [0.05, 0.1) is 5.52 Å². The molecule has 0 radical (unpaired) electrons. The average Bonchev–Trinajstić information content (AvgIpc) is 3.48. The Labute approximate surface area is 170 Å². The van der Waals surface area contributed by atoms with E-state index in [9.17, 15) is 14.7 Å². The summed E-state index contributed by atoms with van der Waals surface area (Å²) in [7, 11) is 0. The fourth-order valence-electron chi connectivity index (χ4n) is 4.48. The molecule has 0 amide bonds. The third kappa shape index (κ3) is 2.75. The van der Waals surface area contributed by atoms with Crippen LogP contribution in [0, 0.1) is 19.7 Å². The first-order valence-electron chi connectivity index (χ1n) is 9.82. The number of aryl methyl sites for hydroxylation is 1. The number of nitrogens with one attached hydrogen (secondary N) is 1.